The molecule has 2 aromatic carbocycles. The molecule has 0 unspecified atom stereocenters. The Morgan fingerprint density at radius 2 is 1.88 bits per heavy atom. The molecule has 2 aliphatic carbocycles. The summed E-state index contributed by atoms with van der Waals surface area (Å²) in [6.45, 7) is 0.803. The van der Waals surface area contributed by atoms with Crippen LogP contribution >= 0.6 is 0 Å². The number of nitrogens with zero attached hydrogens (tertiary/aromatic N) is 2. The van der Waals surface area contributed by atoms with Crippen LogP contribution in [0.5, 0.6) is 17.2 Å². The highest BCUT2D eigenvalue weighted by molar-refractivity contribution is 6.31. The zero-order valence-electron chi connectivity index (χ0n) is 26.7. The van der Waals surface area contributed by atoms with Crippen molar-refractivity contribution in [1.82, 2.24) is 10.2 Å². The summed E-state index contributed by atoms with van der Waals surface area (Å²) in [7, 11) is 1.30. The summed E-state index contributed by atoms with van der Waals surface area (Å²) in [5, 5.41) is 61.2. The Bertz CT molecular complexity index is 1730. The second-order valence-electron chi connectivity index (χ2n) is 12.0. The molecule has 0 radical (unpaired) electrons. The highest BCUT2D eigenvalue weighted by atomic mass is 16.7. The summed E-state index contributed by atoms with van der Waals surface area (Å²) in [6.07, 6.45) is -6.14. The van der Waals surface area contributed by atoms with E-state index in [1.807, 2.05) is 0 Å². The van der Waals surface area contributed by atoms with Crippen molar-refractivity contribution in [3.05, 3.63) is 51.6 Å². The molecule has 17 nitrogen and oxygen atoms in total. The molecule has 0 aromatic heterocycles. The summed E-state index contributed by atoms with van der Waals surface area (Å²) in [5.41, 5.74) is 2.60. The van der Waals surface area contributed by atoms with Gasteiger partial charge in [-0.3, -0.25) is 19.2 Å². The Labute approximate surface area is 279 Å². The molecule has 49 heavy (non-hydrogen) atoms. The molecule has 5 rings (SSSR count). The molecule has 1 amide bonds. The van der Waals surface area contributed by atoms with E-state index in [0.29, 0.717) is 0 Å². The molecule has 3 aliphatic rings. The fourth-order valence-electron chi connectivity index (χ4n) is 6.56. The maximum atomic E-state index is 13.8. The third kappa shape index (κ3) is 6.69. The molecule has 0 bridgehead atoms. The number of aliphatic hydroxyl groups is 3. The van der Waals surface area contributed by atoms with E-state index in [1.54, 1.807) is 0 Å². The van der Waals surface area contributed by atoms with Gasteiger partial charge in [-0.25, -0.2) is 0 Å². The van der Waals surface area contributed by atoms with Crippen LogP contribution in [0.2, 0.25) is 0 Å². The lowest BCUT2D eigenvalue weighted by Crippen LogP contribution is -2.56. The largest absolute Gasteiger partial charge is 0.507 e. The van der Waals surface area contributed by atoms with Gasteiger partial charge in [0, 0.05) is 42.4 Å². The maximum absolute atomic E-state index is 13.8. The number of amides is 1. The maximum Gasteiger partial charge on any atom is 0.222 e. The summed E-state index contributed by atoms with van der Waals surface area (Å²) < 4.78 is 22.6. The first-order chi connectivity index (χ1) is 23.4. The third-order valence-electron chi connectivity index (χ3n) is 8.99. The lowest BCUT2D eigenvalue weighted by atomic mass is 9.72. The quantitative estimate of drug-likeness (QED) is 0.0578. The zero-order valence-corrected chi connectivity index (χ0v) is 26.7. The van der Waals surface area contributed by atoms with E-state index in [1.165, 1.54) is 32.2 Å². The predicted octanol–water partition coefficient (Wildman–Crippen LogP) is 0.116. The number of hydrogen-bond donors (Lipinski definition) is 7. The van der Waals surface area contributed by atoms with Gasteiger partial charge in [0.05, 0.1) is 55.3 Å². The average Bonchev–Trinajstić information content (AvgIpc) is 3.07. The number of carbonyl (C=O) groups is 4. The number of aromatic hydroxyl groups is 2. The number of benzene rings is 2. The van der Waals surface area contributed by atoms with Gasteiger partial charge in [0.25, 0.3) is 0 Å². The molecule has 0 spiro atoms. The van der Waals surface area contributed by atoms with E-state index >= 15 is 0 Å². The van der Waals surface area contributed by atoms with Crippen molar-refractivity contribution < 1.29 is 63.7 Å². The first-order valence-electron chi connectivity index (χ1n) is 15.5. The molecular formula is C32H37N4O13+. The van der Waals surface area contributed by atoms with E-state index in [0.717, 1.165) is 0 Å². The minimum Gasteiger partial charge on any atom is -0.507 e. The number of carbonyl (C=O) groups excluding carboxylic acids is 4. The smallest absolute Gasteiger partial charge is 0.222 e. The van der Waals surface area contributed by atoms with Gasteiger partial charge < -0.3 is 49.8 Å². The standard InChI is InChI=1S/C32H36N4O13/c1-14-27(40)17(35-21(39)6-8-47-9-7-34-36-33)10-22(48-14)49-19-12-32(45,20(38)13-37)11-16-24(19)31(44)26-25(29(16)42)28(41)15-4-3-5-18(46-2)23(15)30(26)43/h3-5,14,17,19,22,27,37,40,45H,6-13H2,1-2H3,(H3,33,34,35,39)/p+1/t14-,17-,19-,22-,27+,32-/m0/s1. The van der Waals surface area contributed by atoms with Crippen LogP contribution in [-0.4, -0.2) is 112 Å². The van der Waals surface area contributed by atoms with Crippen LogP contribution in [0.4, 0.5) is 0 Å². The highest BCUT2D eigenvalue weighted by Crippen LogP contribution is 2.52. The summed E-state index contributed by atoms with van der Waals surface area (Å²) in [6, 6.07) is 3.41. The normalized spacial score (nSPS) is 25.8. The van der Waals surface area contributed by atoms with Gasteiger partial charge in [-0.05, 0) is 13.0 Å². The lowest BCUT2D eigenvalue weighted by Gasteiger charge is -2.43. The SMILES string of the molecule is COc1cccc2c1C(=O)c1c(O)c3c(c(O)c1C2=O)C[C@@](O)(C(=O)CO)C[C@@H]3O[C@H]1C[C@H](NC(=O)CCOCCN=[N+]=N)[C@H](O)[C@H](C)O1. The van der Waals surface area contributed by atoms with Gasteiger partial charge in [0.15, 0.2) is 17.9 Å². The minimum atomic E-state index is -2.33. The van der Waals surface area contributed by atoms with Crippen molar-refractivity contribution in [2.75, 3.05) is 33.5 Å². The minimum absolute atomic E-state index is 0.0368. The van der Waals surface area contributed by atoms with Gasteiger partial charge in [-0.15, -0.1) is 0 Å². The number of nitrogens with one attached hydrogen (secondary N) is 2. The topological polar surface area (TPSA) is 269 Å². The number of phenols is 2. The third-order valence-corrected chi connectivity index (χ3v) is 8.99. The van der Waals surface area contributed by atoms with Crippen molar-refractivity contribution in [3.8, 4) is 17.2 Å². The zero-order chi connectivity index (χ0) is 35.6. The Morgan fingerprint density at radius 1 is 1.14 bits per heavy atom. The van der Waals surface area contributed by atoms with E-state index in [4.69, 9.17) is 24.5 Å². The van der Waals surface area contributed by atoms with Gasteiger partial charge in [-0.2, -0.15) is 0 Å². The number of hydrogen-bond acceptors (Lipinski definition) is 15. The van der Waals surface area contributed by atoms with Gasteiger partial charge >= 0.3 is 0 Å². The van der Waals surface area contributed by atoms with Gasteiger partial charge in [-0.1, -0.05) is 12.1 Å². The van der Waals surface area contributed by atoms with Crippen LogP contribution in [0.3, 0.4) is 0 Å². The Morgan fingerprint density at radius 3 is 2.57 bits per heavy atom. The molecule has 262 valence electrons. The molecule has 6 atom stereocenters. The second-order valence-corrected chi connectivity index (χ2v) is 12.0. The van der Waals surface area contributed by atoms with Crippen molar-refractivity contribution >= 4 is 23.3 Å². The Kier molecular flexibility index (Phi) is 10.5. The molecule has 1 aliphatic heterocycles. The van der Waals surface area contributed by atoms with Crippen molar-refractivity contribution in [1.29, 1.82) is 5.53 Å². The molecule has 1 saturated heterocycles. The Balaban J connectivity index is 1.47. The molecule has 17 heteroatoms. The van der Waals surface area contributed by atoms with Gasteiger partial charge in [0.2, 0.25) is 16.6 Å². The van der Waals surface area contributed by atoms with Crippen molar-refractivity contribution in [3.63, 3.8) is 0 Å². The van der Waals surface area contributed by atoms with E-state index in [-0.39, 0.29) is 60.6 Å². The fraction of sp³-hybridized carbons (Fsp3) is 0.500. The molecule has 7 N–H and O–H groups in total. The summed E-state index contributed by atoms with van der Waals surface area (Å²) in [4.78, 5) is 55.8. The van der Waals surface area contributed by atoms with Crippen LogP contribution < -0.4 is 15.0 Å². The molecule has 1 heterocycles. The number of fused-ring (bicyclic) bond motifs is 3. The van der Waals surface area contributed by atoms with Crippen LogP contribution in [0.25, 0.3) is 0 Å². The number of rotatable bonds is 12. The molecular weight excluding hydrogens is 648 g/mol. The van der Waals surface area contributed by atoms with E-state index < -0.39 is 102 Å². The van der Waals surface area contributed by atoms with Crippen molar-refractivity contribution in [2.24, 2.45) is 5.11 Å². The fourth-order valence-corrected chi connectivity index (χ4v) is 6.56. The van der Waals surface area contributed by atoms with E-state index in [2.05, 4.69) is 15.3 Å². The van der Waals surface area contributed by atoms with E-state index in [9.17, 15) is 44.7 Å². The predicted molar refractivity (Wildman–Crippen MR) is 163 cm³/mol. The lowest BCUT2D eigenvalue weighted by molar-refractivity contribution is -0.249. The second kappa shape index (κ2) is 14.5. The molecule has 2 aromatic rings. The van der Waals surface area contributed by atoms with Crippen LogP contribution in [0.15, 0.2) is 23.3 Å². The number of aliphatic hydroxyl groups excluding tert-OH is 2. The highest BCUT2D eigenvalue weighted by Gasteiger charge is 2.50. The molecule has 1 fully saturated rings. The van der Waals surface area contributed by atoms with Crippen molar-refractivity contribution in [2.45, 2.75) is 68.9 Å². The monoisotopic (exact) mass is 685 g/mol. The summed E-state index contributed by atoms with van der Waals surface area (Å²) in [5.74, 6) is -4.52. The average molecular weight is 686 g/mol. The number of Topliss-reactive ketones (excluding diaryl/α,β-unsaturated/α-hetero) is 1. The number of ether oxygens (including phenoxy) is 4. The first-order valence-corrected chi connectivity index (χ1v) is 15.5. The van der Waals surface area contributed by atoms with Crippen LogP contribution in [-0.2, 0) is 30.2 Å². The van der Waals surface area contributed by atoms with Crippen LogP contribution in [0.1, 0.15) is 75.3 Å². The molecule has 0 saturated carbocycles. The Hall–Kier alpha value is -4.61. The summed E-state index contributed by atoms with van der Waals surface area (Å²) >= 11 is 0. The number of methoxy groups -OCH3 is 1. The number of phenolic OH excluding ortho intramolecular Hbond substituents is 2. The first kappa shape index (κ1) is 35.7. The van der Waals surface area contributed by atoms with Crippen LogP contribution in [0, 0.1) is 5.53 Å². The van der Waals surface area contributed by atoms with Gasteiger partial charge in [0.1, 0.15) is 52.8 Å². The number of ketones is 3.